The summed E-state index contributed by atoms with van der Waals surface area (Å²) in [5, 5.41) is 8.01. The highest BCUT2D eigenvalue weighted by atomic mass is 32.1. The fraction of sp³-hybridized carbons (Fsp3) is 0. The second-order valence-corrected chi connectivity index (χ2v) is 5.45. The van der Waals surface area contributed by atoms with Crippen LogP contribution < -0.4 is 5.32 Å². The molecular weight excluding hydrogens is 267 g/mol. The molecule has 0 unspecified atom stereocenters. The lowest BCUT2D eigenvalue weighted by Gasteiger charge is -2.01. The van der Waals surface area contributed by atoms with Gasteiger partial charge in [0.2, 0.25) is 0 Å². The molecule has 3 rings (SSSR count). The number of nitrogens with zero attached hydrogens (tertiary/aromatic N) is 1. The van der Waals surface area contributed by atoms with Gasteiger partial charge in [0.05, 0.1) is 10.6 Å². The SMILES string of the molecule is Fc1ccc(Nc2nc(-c3cccs3)cs2)cc1. The van der Waals surface area contributed by atoms with Crippen LogP contribution in [-0.2, 0) is 0 Å². The Morgan fingerprint density at radius 2 is 1.89 bits per heavy atom. The Bertz CT molecular complexity index is 629. The lowest BCUT2D eigenvalue weighted by Crippen LogP contribution is -1.89. The summed E-state index contributed by atoms with van der Waals surface area (Å²) in [5.41, 5.74) is 1.81. The van der Waals surface area contributed by atoms with Gasteiger partial charge in [-0.05, 0) is 35.7 Å². The van der Waals surface area contributed by atoms with E-state index in [0.717, 1.165) is 21.4 Å². The van der Waals surface area contributed by atoms with Gasteiger partial charge in [0.1, 0.15) is 5.82 Å². The summed E-state index contributed by atoms with van der Waals surface area (Å²) in [6, 6.07) is 10.3. The monoisotopic (exact) mass is 276 g/mol. The first-order chi connectivity index (χ1) is 8.81. The molecule has 0 atom stereocenters. The van der Waals surface area contributed by atoms with Crippen molar-refractivity contribution in [3.8, 4) is 10.6 Å². The number of thiazole rings is 1. The molecule has 0 saturated carbocycles. The minimum Gasteiger partial charge on any atom is -0.332 e. The van der Waals surface area contributed by atoms with Gasteiger partial charge in [-0.15, -0.1) is 22.7 Å². The van der Waals surface area contributed by atoms with Crippen LogP contribution in [-0.4, -0.2) is 4.98 Å². The molecule has 0 aliphatic carbocycles. The highest BCUT2D eigenvalue weighted by molar-refractivity contribution is 7.16. The highest BCUT2D eigenvalue weighted by Crippen LogP contribution is 2.29. The standard InChI is InChI=1S/C13H9FN2S2/c14-9-3-5-10(6-4-9)15-13-16-11(8-18-13)12-2-1-7-17-12/h1-8H,(H,15,16). The topological polar surface area (TPSA) is 24.9 Å². The minimum atomic E-state index is -0.237. The lowest BCUT2D eigenvalue weighted by molar-refractivity contribution is 0.628. The third kappa shape index (κ3) is 2.42. The molecular formula is C13H9FN2S2. The normalized spacial score (nSPS) is 10.5. The van der Waals surface area contributed by atoms with Gasteiger partial charge in [0.25, 0.3) is 0 Å². The van der Waals surface area contributed by atoms with Crippen molar-refractivity contribution in [2.24, 2.45) is 0 Å². The van der Waals surface area contributed by atoms with Crippen LogP contribution in [0, 0.1) is 5.82 Å². The number of nitrogens with one attached hydrogen (secondary N) is 1. The molecule has 5 heteroatoms. The highest BCUT2D eigenvalue weighted by Gasteiger charge is 2.05. The van der Waals surface area contributed by atoms with Crippen LogP contribution in [0.1, 0.15) is 0 Å². The van der Waals surface area contributed by atoms with Crippen molar-refractivity contribution in [1.82, 2.24) is 4.98 Å². The van der Waals surface area contributed by atoms with Crippen LogP contribution in [0.3, 0.4) is 0 Å². The van der Waals surface area contributed by atoms with Crippen LogP contribution in [0.4, 0.5) is 15.2 Å². The van der Waals surface area contributed by atoms with Gasteiger partial charge < -0.3 is 5.32 Å². The third-order valence-corrected chi connectivity index (χ3v) is 4.02. The minimum absolute atomic E-state index is 0.237. The largest absolute Gasteiger partial charge is 0.332 e. The molecule has 2 aromatic heterocycles. The van der Waals surface area contributed by atoms with E-state index in [4.69, 9.17) is 0 Å². The van der Waals surface area contributed by atoms with Gasteiger partial charge in [-0.2, -0.15) is 0 Å². The summed E-state index contributed by atoms with van der Waals surface area (Å²) in [6.07, 6.45) is 0. The zero-order valence-electron chi connectivity index (χ0n) is 9.26. The maximum Gasteiger partial charge on any atom is 0.187 e. The maximum atomic E-state index is 12.8. The van der Waals surface area contributed by atoms with E-state index in [9.17, 15) is 4.39 Å². The van der Waals surface area contributed by atoms with Crippen molar-refractivity contribution in [3.05, 3.63) is 53.0 Å². The van der Waals surface area contributed by atoms with E-state index < -0.39 is 0 Å². The zero-order chi connectivity index (χ0) is 12.4. The molecule has 0 amide bonds. The van der Waals surface area contributed by atoms with Crippen LogP contribution >= 0.6 is 22.7 Å². The molecule has 1 aromatic carbocycles. The molecule has 3 aromatic rings. The Morgan fingerprint density at radius 1 is 1.06 bits per heavy atom. The van der Waals surface area contributed by atoms with E-state index in [1.54, 1.807) is 23.5 Å². The molecule has 0 saturated heterocycles. The van der Waals surface area contributed by atoms with Gasteiger partial charge in [0, 0.05) is 11.1 Å². The first kappa shape index (κ1) is 11.4. The number of hydrogen-bond donors (Lipinski definition) is 1. The smallest absolute Gasteiger partial charge is 0.187 e. The van der Waals surface area contributed by atoms with Crippen molar-refractivity contribution in [2.75, 3.05) is 5.32 Å². The van der Waals surface area contributed by atoms with Gasteiger partial charge >= 0.3 is 0 Å². The van der Waals surface area contributed by atoms with E-state index in [1.807, 2.05) is 22.9 Å². The van der Waals surface area contributed by atoms with Crippen molar-refractivity contribution in [1.29, 1.82) is 0 Å². The number of hydrogen-bond acceptors (Lipinski definition) is 4. The van der Waals surface area contributed by atoms with Gasteiger partial charge in [0.15, 0.2) is 5.13 Å². The van der Waals surface area contributed by atoms with Crippen LogP contribution in [0.25, 0.3) is 10.6 Å². The Morgan fingerprint density at radius 3 is 2.61 bits per heavy atom. The number of anilines is 2. The van der Waals surface area contributed by atoms with Crippen molar-refractivity contribution in [2.45, 2.75) is 0 Å². The number of benzene rings is 1. The fourth-order valence-electron chi connectivity index (χ4n) is 1.53. The predicted molar refractivity (Wildman–Crippen MR) is 75.1 cm³/mol. The molecule has 18 heavy (non-hydrogen) atoms. The summed E-state index contributed by atoms with van der Waals surface area (Å²) in [7, 11) is 0. The third-order valence-electron chi connectivity index (χ3n) is 2.37. The average molecular weight is 276 g/mol. The van der Waals surface area contributed by atoms with E-state index >= 15 is 0 Å². The van der Waals surface area contributed by atoms with Crippen molar-refractivity contribution < 1.29 is 4.39 Å². The Kier molecular flexibility index (Phi) is 3.08. The average Bonchev–Trinajstić information content (AvgIpc) is 3.02. The van der Waals surface area contributed by atoms with Gasteiger partial charge in [-0.25, -0.2) is 9.37 Å². The number of rotatable bonds is 3. The molecule has 0 radical (unpaired) electrons. The first-order valence-electron chi connectivity index (χ1n) is 5.33. The van der Waals surface area contributed by atoms with Gasteiger partial charge in [-0.1, -0.05) is 6.07 Å². The van der Waals surface area contributed by atoms with Gasteiger partial charge in [-0.3, -0.25) is 0 Å². The molecule has 0 bridgehead atoms. The summed E-state index contributed by atoms with van der Waals surface area (Å²) in [6.45, 7) is 0. The number of aromatic nitrogens is 1. The molecule has 90 valence electrons. The van der Waals surface area contributed by atoms with Crippen molar-refractivity contribution >= 4 is 33.5 Å². The maximum absolute atomic E-state index is 12.8. The summed E-state index contributed by atoms with van der Waals surface area (Å²) in [5.74, 6) is -0.237. The second-order valence-electron chi connectivity index (χ2n) is 3.65. The molecule has 2 heterocycles. The van der Waals surface area contributed by atoms with Crippen LogP contribution in [0.5, 0.6) is 0 Å². The summed E-state index contributed by atoms with van der Waals surface area (Å²) >= 11 is 3.20. The molecule has 2 nitrogen and oxygen atoms in total. The summed E-state index contributed by atoms with van der Waals surface area (Å²) < 4.78 is 12.8. The first-order valence-corrected chi connectivity index (χ1v) is 7.09. The molecule has 0 fully saturated rings. The van der Waals surface area contributed by atoms with E-state index in [0.29, 0.717) is 0 Å². The molecule has 0 aliphatic heterocycles. The zero-order valence-corrected chi connectivity index (χ0v) is 10.9. The Labute approximate surface area is 112 Å². The number of thiophene rings is 1. The van der Waals surface area contributed by atoms with E-state index in [-0.39, 0.29) is 5.82 Å². The molecule has 1 N–H and O–H groups in total. The number of halogens is 1. The van der Waals surface area contributed by atoms with E-state index in [2.05, 4.69) is 10.3 Å². The molecule has 0 aliphatic rings. The molecule has 0 spiro atoms. The Balaban J connectivity index is 1.80. The summed E-state index contributed by atoms with van der Waals surface area (Å²) in [4.78, 5) is 5.65. The van der Waals surface area contributed by atoms with Crippen LogP contribution in [0.2, 0.25) is 0 Å². The van der Waals surface area contributed by atoms with Crippen molar-refractivity contribution in [3.63, 3.8) is 0 Å². The van der Waals surface area contributed by atoms with E-state index in [1.165, 1.54) is 23.5 Å². The Hall–Kier alpha value is -1.72. The second kappa shape index (κ2) is 4.88. The van der Waals surface area contributed by atoms with Crippen LogP contribution in [0.15, 0.2) is 47.2 Å². The lowest BCUT2D eigenvalue weighted by atomic mass is 10.3. The quantitative estimate of drug-likeness (QED) is 0.746. The fourth-order valence-corrected chi connectivity index (χ4v) is 3.02. The predicted octanol–water partition coefficient (Wildman–Crippen LogP) is 4.75.